The Balaban J connectivity index is 3.10. The lowest BCUT2D eigenvalue weighted by Gasteiger charge is -2.20. The lowest BCUT2D eigenvalue weighted by Crippen LogP contribution is -2.11. The Morgan fingerprint density at radius 2 is 1.85 bits per heavy atom. The number of benzene rings is 1. The Bertz CT molecular complexity index is 294. The van der Waals surface area contributed by atoms with Gasteiger partial charge in [-0.25, -0.2) is 0 Å². The minimum absolute atomic E-state index is 0.199. The number of aryl methyl sites for hydroxylation is 1. The maximum absolute atomic E-state index is 4.96. The van der Waals surface area contributed by atoms with Gasteiger partial charge in [0.25, 0.3) is 0 Å². The van der Waals surface area contributed by atoms with Gasteiger partial charge in [-0.05, 0) is 29.5 Å². The second-order valence-corrected chi connectivity index (χ2v) is 4.37. The summed E-state index contributed by atoms with van der Waals surface area (Å²) >= 11 is 0. The van der Waals surface area contributed by atoms with Crippen molar-refractivity contribution in [2.24, 2.45) is 0 Å². The van der Waals surface area contributed by atoms with Crippen molar-refractivity contribution in [2.75, 3.05) is 0 Å². The highest BCUT2D eigenvalue weighted by atomic mass is 16.5. The van der Waals surface area contributed by atoms with Gasteiger partial charge in [-0.15, -0.1) is 0 Å². The summed E-state index contributed by atoms with van der Waals surface area (Å²) in [7, 11) is 3.41. The van der Waals surface area contributed by atoms with Gasteiger partial charge in [-0.2, -0.15) is 0 Å². The van der Waals surface area contributed by atoms with E-state index in [2.05, 4.69) is 40.0 Å². The van der Waals surface area contributed by atoms with Crippen LogP contribution in [-0.2, 0) is 5.41 Å². The van der Waals surface area contributed by atoms with Crippen LogP contribution in [0.4, 0.5) is 0 Å². The number of rotatable bonds is 1. The minimum atomic E-state index is 0.199. The van der Waals surface area contributed by atoms with Gasteiger partial charge in [0, 0.05) is 0 Å². The van der Waals surface area contributed by atoms with Crippen LogP contribution < -0.4 is 4.74 Å². The molecular weight excluding hydrogens is 160 g/mol. The Hall–Kier alpha value is -0.980. The van der Waals surface area contributed by atoms with Crippen LogP contribution in [0.5, 0.6) is 5.75 Å². The zero-order valence-corrected chi connectivity index (χ0v) is 8.85. The highest BCUT2D eigenvalue weighted by molar-refractivity contribution is 5.38. The minimum Gasteiger partial charge on any atom is -0.490 e. The molecule has 71 valence electrons. The fourth-order valence-corrected chi connectivity index (χ4v) is 1.28. The van der Waals surface area contributed by atoms with E-state index < -0.39 is 0 Å². The third kappa shape index (κ3) is 2.24. The summed E-state index contributed by atoms with van der Waals surface area (Å²) in [5.74, 6) is 0.855. The topological polar surface area (TPSA) is 9.23 Å². The largest absolute Gasteiger partial charge is 0.490 e. The fourth-order valence-electron chi connectivity index (χ4n) is 1.28. The summed E-state index contributed by atoms with van der Waals surface area (Å²) in [6.07, 6.45) is 0. The molecule has 0 atom stereocenters. The molecule has 0 aliphatic heterocycles. The summed E-state index contributed by atoms with van der Waals surface area (Å²) in [4.78, 5) is 0. The quantitative estimate of drug-likeness (QED) is 0.638. The molecule has 1 aromatic rings. The maximum Gasteiger partial charge on any atom is 0.122 e. The molecule has 0 saturated carbocycles. The zero-order chi connectivity index (χ0) is 10.1. The van der Waals surface area contributed by atoms with E-state index in [0.717, 1.165) is 11.3 Å². The molecule has 0 saturated heterocycles. The van der Waals surface area contributed by atoms with E-state index in [-0.39, 0.29) is 5.41 Å². The molecule has 0 fully saturated rings. The van der Waals surface area contributed by atoms with Crippen LogP contribution in [0.25, 0.3) is 0 Å². The molecular formula is C12H17O. The molecule has 0 aliphatic rings. The third-order valence-electron chi connectivity index (χ3n) is 2.20. The van der Waals surface area contributed by atoms with Crippen molar-refractivity contribution in [2.45, 2.75) is 33.1 Å². The van der Waals surface area contributed by atoms with Crippen LogP contribution in [0, 0.1) is 14.0 Å². The summed E-state index contributed by atoms with van der Waals surface area (Å²) in [6.45, 7) is 8.64. The third-order valence-corrected chi connectivity index (χ3v) is 2.20. The normalized spacial score (nSPS) is 11.5. The Morgan fingerprint density at radius 3 is 2.23 bits per heavy atom. The van der Waals surface area contributed by atoms with Gasteiger partial charge in [0.05, 0.1) is 0 Å². The van der Waals surface area contributed by atoms with Crippen molar-refractivity contribution in [1.82, 2.24) is 0 Å². The van der Waals surface area contributed by atoms with Crippen LogP contribution in [-0.4, -0.2) is 0 Å². The first-order valence-corrected chi connectivity index (χ1v) is 4.48. The second-order valence-electron chi connectivity index (χ2n) is 4.37. The highest BCUT2D eigenvalue weighted by Crippen LogP contribution is 2.27. The molecule has 0 heterocycles. The van der Waals surface area contributed by atoms with Gasteiger partial charge in [0.2, 0.25) is 0 Å². The first kappa shape index (κ1) is 10.1. The maximum atomic E-state index is 4.96. The van der Waals surface area contributed by atoms with Gasteiger partial charge in [0.15, 0.2) is 0 Å². The molecule has 1 radical (unpaired) electrons. The second kappa shape index (κ2) is 3.41. The first-order valence-electron chi connectivity index (χ1n) is 4.48. The lowest BCUT2D eigenvalue weighted by atomic mass is 9.86. The molecule has 0 aliphatic carbocycles. The number of hydrogen-bond donors (Lipinski definition) is 0. The van der Waals surface area contributed by atoms with E-state index in [1.165, 1.54) is 5.56 Å². The Morgan fingerprint density at radius 1 is 1.23 bits per heavy atom. The zero-order valence-electron chi connectivity index (χ0n) is 8.85. The van der Waals surface area contributed by atoms with Crippen LogP contribution in [0.1, 0.15) is 31.9 Å². The summed E-state index contributed by atoms with van der Waals surface area (Å²) in [5, 5.41) is 0. The van der Waals surface area contributed by atoms with E-state index in [0.29, 0.717) is 0 Å². The molecule has 0 spiro atoms. The van der Waals surface area contributed by atoms with Crippen LogP contribution >= 0.6 is 0 Å². The Labute approximate surface area is 80.7 Å². The van der Waals surface area contributed by atoms with Gasteiger partial charge in [0.1, 0.15) is 12.9 Å². The van der Waals surface area contributed by atoms with Crippen molar-refractivity contribution in [3.05, 3.63) is 36.4 Å². The molecule has 0 aromatic heterocycles. The van der Waals surface area contributed by atoms with Crippen molar-refractivity contribution in [3.63, 3.8) is 0 Å². The standard InChI is InChI=1S/C12H17O/c1-9-8-10(12(2,3)4)6-7-11(9)13-5/h6-8H,5H2,1-4H3. The van der Waals surface area contributed by atoms with Gasteiger partial charge >= 0.3 is 0 Å². The van der Waals surface area contributed by atoms with Crippen LogP contribution in [0.3, 0.4) is 0 Å². The molecule has 0 bridgehead atoms. The molecule has 0 amide bonds. The average molecular weight is 177 g/mol. The van der Waals surface area contributed by atoms with Gasteiger partial charge < -0.3 is 4.74 Å². The molecule has 13 heavy (non-hydrogen) atoms. The van der Waals surface area contributed by atoms with Crippen LogP contribution in [0.2, 0.25) is 0 Å². The predicted octanol–water partition coefficient (Wildman–Crippen LogP) is 3.46. The Kier molecular flexibility index (Phi) is 2.65. The highest BCUT2D eigenvalue weighted by Gasteiger charge is 2.14. The smallest absolute Gasteiger partial charge is 0.122 e. The molecule has 1 rings (SSSR count). The molecule has 1 heteroatoms. The van der Waals surface area contributed by atoms with Gasteiger partial charge in [-0.3, -0.25) is 0 Å². The summed E-state index contributed by atoms with van der Waals surface area (Å²) in [6, 6.07) is 6.22. The van der Waals surface area contributed by atoms with E-state index in [9.17, 15) is 0 Å². The molecule has 1 nitrogen and oxygen atoms in total. The molecule has 0 unspecified atom stereocenters. The van der Waals surface area contributed by atoms with Crippen molar-refractivity contribution in [1.29, 1.82) is 0 Å². The summed E-state index contributed by atoms with van der Waals surface area (Å²) < 4.78 is 4.96. The van der Waals surface area contributed by atoms with E-state index >= 15 is 0 Å². The first-order chi connectivity index (χ1) is 5.95. The number of ether oxygens (including phenoxy) is 1. The summed E-state index contributed by atoms with van der Waals surface area (Å²) in [5.41, 5.74) is 2.66. The van der Waals surface area contributed by atoms with Gasteiger partial charge in [-0.1, -0.05) is 32.9 Å². The van der Waals surface area contributed by atoms with Crippen molar-refractivity contribution in [3.8, 4) is 5.75 Å². The van der Waals surface area contributed by atoms with E-state index in [1.807, 2.05) is 13.0 Å². The monoisotopic (exact) mass is 177 g/mol. The average Bonchev–Trinajstić information content (AvgIpc) is 2.02. The lowest BCUT2D eigenvalue weighted by molar-refractivity contribution is 0.468. The molecule has 0 N–H and O–H groups in total. The predicted molar refractivity (Wildman–Crippen MR) is 55.9 cm³/mol. The SMILES string of the molecule is [CH2]Oc1ccc(C(C)(C)C)cc1C. The van der Waals surface area contributed by atoms with Crippen molar-refractivity contribution >= 4 is 0 Å². The molecule has 1 aromatic carbocycles. The van der Waals surface area contributed by atoms with Crippen molar-refractivity contribution < 1.29 is 4.74 Å². The number of hydrogen-bond acceptors (Lipinski definition) is 1. The van der Waals surface area contributed by atoms with Crippen LogP contribution in [0.15, 0.2) is 18.2 Å². The van der Waals surface area contributed by atoms with E-state index in [1.54, 1.807) is 0 Å². The fraction of sp³-hybridized carbons (Fsp3) is 0.417. The van der Waals surface area contributed by atoms with E-state index in [4.69, 9.17) is 4.74 Å².